The fourth-order valence-electron chi connectivity index (χ4n) is 1.32. The smallest absolute Gasteiger partial charge is 0.143 e. The number of nitrogen functional groups attached to an aromatic ring is 1. The van der Waals surface area contributed by atoms with E-state index in [9.17, 15) is 0 Å². The quantitative estimate of drug-likeness (QED) is 0.768. The van der Waals surface area contributed by atoms with Crippen LogP contribution in [-0.2, 0) is 0 Å². The average Bonchev–Trinajstić information content (AvgIpc) is 2.65. The topological polar surface area (TPSA) is 76.0 Å². The molecule has 0 atom stereocenters. The molecular weight excluding hydrogens is 228 g/mol. The molecule has 0 unspecified atom stereocenters. The number of benzene rings is 1. The lowest BCUT2D eigenvalue weighted by atomic mass is 10.3. The predicted octanol–water partition coefficient (Wildman–Crippen LogP) is 2.40. The first-order valence-electron chi connectivity index (χ1n) is 4.60. The third kappa shape index (κ3) is 2.04. The lowest BCUT2D eigenvalue weighted by Crippen LogP contribution is -1.96. The number of H-pyrrole nitrogens is 1. The number of hydrogen-bond acceptors (Lipinski definition) is 4. The Morgan fingerprint density at radius 1 is 1.44 bits per heavy atom. The number of halogens is 1. The highest BCUT2D eigenvalue weighted by Crippen LogP contribution is 2.31. The molecule has 0 fully saturated rings. The Morgan fingerprint density at radius 3 is 2.88 bits per heavy atom. The summed E-state index contributed by atoms with van der Waals surface area (Å²) in [5.41, 5.74) is 7.08. The van der Waals surface area contributed by atoms with Crippen LogP contribution in [0.5, 0.6) is 5.75 Å². The Labute approximate surface area is 97.6 Å². The van der Waals surface area contributed by atoms with Crippen LogP contribution in [0, 0.1) is 0 Å². The van der Waals surface area contributed by atoms with Crippen LogP contribution in [0.15, 0.2) is 24.4 Å². The number of nitrogens with zero attached hydrogens (tertiary/aromatic N) is 1. The van der Waals surface area contributed by atoms with E-state index >= 15 is 0 Å². The summed E-state index contributed by atoms with van der Waals surface area (Å²) in [7, 11) is 1.59. The first-order chi connectivity index (χ1) is 7.70. The van der Waals surface area contributed by atoms with Gasteiger partial charge in [-0.1, -0.05) is 11.6 Å². The monoisotopic (exact) mass is 238 g/mol. The van der Waals surface area contributed by atoms with Crippen molar-refractivity contribution in [2.75, 3.05) is 18.2 Å². The number of rotatable bonds is 3. The van der Waals surface area contributed by atoms with Crippen molar-refractivity contribution in [3.8, 4) is 5.75 Å². The van der Waals surface area contributed by atoms with Gasteiger partial charge in [-0.2, -0.15) is 5.10 Å². The molecule has 0 amide bonds. The molecule has 4 N–H and O–H groups in total. The zero-order valence-electron chi connectivity index (χ0n) is 8.62. The van der Waals surface area contributed by atoms with Crippen molar-refractivity contribution in [1.82, 2.24) is 10.2 Å². The van der Waals surface area contributed by atoms with Crippen LogP contribution in [0.4, 0.5) is 17.2 Å². The van der Waals surface area contributed by atoms with Gasteiger partial charge in [-0.15, -0.1) is 0 Å². The third-order valence-electron chi connectivity index (χ3n) is 2.10. The van der Waals surface area contributed by atoms with E-state index in [1.807, 2.05) is 0 Å². The summed E-state index contributed by atoms with van der Waals surface area (Å²) in [6.45, 7) is 0. The molecule has 0 aliphatic heterocycles. The van der Waals surface area contributed by atoms with E-state index in [4.69, 9.17) is 22.1 Å². The van der Waals surface area contributed by atoms with Gasteiger partial charge < -0.3 is 15.8 Å². The largest absolute Gasteiger partial charge is 0.495 e. The van der Waals surface area contributed by atoms with E-state index in [0.717, 1.165) is 5.69 Å². The molecule has 1 aromatic carbocycles. The zero-order chi connectivity index (χ0) is 11.5. The van der Waals surface area contributed by atoms with Crippen molar-refractivity contribution >= 4 is 28.8 Å². The standard InChI is InChI=1S/C10H11ClN4O/c1-16-9-3-2-6(11)4-7(9)14-8-5-13-15-10(8)12/h2-5,14H,1H3,(H3,12,13,15). The number of nitrogens with one attached hydrogen (secondary N) is 2. The number of anilines is 3. The summed E-state index contributed by atoms with van der Waals surface area (Å²) < 4.78 is 5.20. The number of aromatic nitrogens is 2. The molecule has 0 spiro atoms. The van der Waals surface area contributed by atoms with Crippen LogP contribution < -0.4 is 15.8 Å². The van der Waals surface area contributed by atoms with E-state index in [1.54, 1.807) is 31.5 Å². The van der Waals surface area contributed by atoms with Crippen LogP contribution in [0.2, 0.25) is 5.02 Å². The number of methoxy groups -OCH3 is 1. The van der Waals surface area contributed by atoms with Gasteiger partial charge in [-0.25, -0.2) is 0 Å². The third-order valence-corrected chi connectivity index (χ3v) is 2.33. The first-order valence-corrected chi connectivity index (χ1v) is 4.98. The van der Waals surface area contributed by atoms with Crippen LogP contribution in [0.25, 0.3) is 0 Å². The molecule has 0 bridgehead atoms. The van der Waals surface area contributed by atoms with Gasteiger partial charge in [-0.3, -0.25) is 5.10 Å². The van der Waals surface area contributed by atoms with Crippen molar-refractivity contribution in [3.63, 3.8) is 0 Å². The minimum absolute atomic E-state index is 0.460. The van der Waals surface area contributed by atoms with Gasteiger partial charge in [0.2, 0.25) is 0 Å². The molecule has 0 saturated heterocycles. The van der Waals surface area contributed by atoms with E-state index in [0.29, 0.717) is 22.3 Å². The van der Waals surface area contributed by atoms with E-state index < -0.39 is 0 Å². The van der Waals surface area contributed by atoms with Gasteiger partial charge in [0.25, 0.3) is 0 Å². The Hall–Kier alpha value is -1.88. The number of nitrogens with two attached hydrogens (primary N) is 1. The van der Waals surface area contributed by atoms with E-state index in [1.165, 1.54) is 0 Å². The lowest BCUT2D eigenvalue weighted by molar-refractivity contribution is 0.417. The fourth-order valence-corrected chi connectivity index (χ4v) is 1.49. The van der Waals surface area contributed by atoms with Gasteiger partial charge in [0, 0.05) is 5.02 Å². The molecule has 84 valence electrons. The molecule has 5 nitrogen and oxygen atoms in total. The van der Waals surface area contributed by atoms with E-state index in [2.05, 4.69) is 15.5 Å². The molecule has 1 aromatic heterocycles. The molecule has 0 radical (unpaired) electrons. The highest BCUT2D eigenvalue weighted by atomic mass is 35.5. The lowest BCUT2D eigenvalue weighted by Gasteiger charge is -2.10. The second-order valence-electron chi connectivity index (χ2n) is 3.17. The van der Waals surface area contributed by atoms with Gasteiger partial charge >= 0.3 is 0 Å². The summed E-state index contributed by atoms with van der Waals surface area (Å²) in [4.78, 5) is 0. The van der Waals surface area contributed by atoms with Crippen LogP contribution in [-0.4, -0.2) is 17.3 Å². The SMILES string of the molecule is COc1ccc(Cl)cc1Nc1cn[nH]c1N. The Kier molecular flexibility index (Phi) is 2.87. The molecule has 0 aliphatic rings. The Bertz CT molecular complexity index is 497. The second-order valence-corrected chi connectivity index (χ2v) is 3.60. The maximum atomic E-state index is 5.90. The summed E-state index contributed by atoms with van der Waals surface area (Å²) in [5, 5.41) is 10.1. The predicted molar refractivity (Wildman–Crippen MR) is 64.3 cm³/mol. The van der Waals surface area contributed by atoms with Crippen molar-refractivity contribution in [2.24, 2.45) is 0 Å². The van der Waals surface area contributed by atoms with Gasteiger partial charge in [0.05, 0.1) is 19.0 Å². The van der Waals surface area contributed by atoms with Gasteiger partial charge in [-0.05, 0) is 18.2 Å². The molecule has 2 aromatic rings. The highest BCUT2D eigenvalue weighted by molar-refractivity contribution is 6.31. The zero-order valence-corrected chi connectivity index (χ0v) is 9.38. The van der Waals surface area contributed by atoms with Crippen molar-refractivity contribution in [3.05, 3.63) is 29.4 Å². The summed E-state index contributed by atoms with van der Waals surface area (Å²) in [6, 6.07) is 5.29. The first kappa shape index (κ1) is 10.6. The number of aromatic amines is 1. The fraction of sp³-hybridized carbons (Fsp3) is 0.100. The van der Waals surface area contributed by atoms with Crippen LogP contribution in [0.1, 0.15) is 0 Å². The molecule has 2 rings (SSSR count). The molecule has 0 saturated carbocycles. The van der Waals surface area contributed by atoms with E-state index in [-0.39, 0.29) is 0 Å². The Morgan fingerprint density at radius 2 is 2.25 bits per heavy atom. The summed E-state index contributed by atoms with van der Waals surface area (Å²) in [5.74, 6) is 1.15. The molecular formula is C10H11ClN4O. The average molecular weight is 239 g/mol. The number of hydrogen-bond donors (Lipinski definition) is 3. The second kappa shape index (κ2) is 4.32. The number of ether oxygens (including phenoxy) is 1. The van der Waals surface area contributed by atoms with Crippen molar-refractivity contribution < 1.29 is 4.74 Å². The maximum absolute atomic E-state index is 5.90. The minimum atomic E-state index is 0.460. The van der Waals surface area contributed by atoms with Crippen LogP contribution in [0.3, 0.4) is 0 Å². The van der Waals surface area contributed by atoms with Crippen molar-refractivity contribution in [1.29, 1.82) is 0 Å². The summed E-state index contributed by atoms with van der Waals surface area (Å²) >= 11 is 5.90. The van der Waals surface area contributed by atoms with Crippen molar-refractivity contribution in [2.45, 2.75) is 0 Å². The maximum Gasteiger partial charge on any atom is 0.143 e. The molecule has 1 heterocycles. The normalized spacial score (nSPS) is 10.1. The minimum Gasteiger partial charge on any atom is -0.495 e. The van der Waals surface area contributed by atoms with Gasteiger partial charge in [0.15, 0.2) is 0 Å². The molecule has 16 heavy (non-hydrogen) atoms. The highest BCUT2D eigenvalue weighted by Gasteiger charge is 2.07. The molecule has 0 aliphatic carbocycles. The van der Waals surface area contributed by atoms with Crippen LogP contribution >= 0.6 is 11.6 Å². The Balaban J connectivity index is 2.33. The summed E-state index contributed by atoms with van der Waals surface area (Å²) in [6.07, 6.45) is 1.59. The molecule has 6 heteroatoms. The van der Waals surface area contributed by atoms with Gasteiger partial charge in [0.1, 0.15) is 17.3 Å².